The number of aliphatic hydroxyl groups is 1. The lowest BCUT2D eigenvalue weighted by Gasteiger charge is -2.38. The summed E-state index contributed by atoms with van der Waals surface area (Å²) in [7, 11) is -3.61. The molecule has 102 valence electrons. The third-order valence-corrected chi connectivity index (χ3v) is 5.07. The number of nitrogens with one attached hydrogen (secondary N) is 2. The van der Waals surface area contributed by atoms with Gasteiger partial charge in [-0.15, -0.1) is 0 Å². The van der Waals surface area contributed by atoms with Gasteiger partial charge < -0.3 is 5.11 Å². The summed E-state index contributed by atoms with van der Waals surface area (Å²) in [5, 5.41) is 15.7. The Hall–Kier alpha value is -0.920. The smallest absolute Gasteiger partial charge is 0.244 e. The van der Waals surface area contributed by atoms with Crippen molar-refractivity contribution >= 4 is 10.0 Å². The Balaban J connectivity index is 2.20. The molecule has 0 radical (unpaired) electrons. The lowest BCUT2D eigenvalue weighted by molar-refractivity contribution is 0.120. The zero-order valence-electron chi connectivity index (χ0n) is 10.4. The maximum atomic E-state index is 12.2. The summed E-state index contributed by atoms with van der Waals surface area (Å²) in [6.45, 7) is 1.91. The maximum absolute atomic E-state index is 12.2. The van der Waals surface area contributed by atoms with Crippen LogP contribution in [0.3, 0.4) is 0 Å². The Labute approximate surface area is 107 Å². The highest BCUT2D eigenvalue weighted by Crippen LogP contribution is 2.33. The molecule has 1 heterocycles. The van der Waals surface area contributed by atoms with Gasteiger partial charge in [-0.2, -0.15) is 5.10 Å². The summed E-state index contributed by atoms with van der Waals surface area (Å²) in [6.07, 6.45) is 5.94. The Morgan fingerprint density at radius 1 is 1.67 bits per heavy atom. The van der Waals surface area contributed by atoms with Crippen molar-refractivity contribution in [2.45, 2.75) is 43.0 Å². The largest absolute Gasteiger partial charge is 0.394 e. The van der Waals surface area contributed by atoms with Gasteiger partial charge >= 0.3 is 0 Å². The number of aromatic amines is 1. The number of H-pyrrole nitrogens is 1. The predicted molar refractivity (Wildman–Crippen MR) is 66.4 cm³/mol. The number of aliphatic hydroxyl groups excluding tert-OH is 1. The Kier molecular flexibility index (Phi) is 3.74. The average Bonchev–Trinajstić information content (AvgIpc) is 2.82. The first kappa shape index (κ1) is 13.5. The van der Waals surface area contributed by atoms with Crippen LogP contribution in [-0.4, -0.2) is 35.9 Å². The second-order valence-electron chi connectivity index (χ2n) is 5.18. The minimum atomic E-state index is -3.61. The molecule has 0 amide bonds. The third kappa shape index (κ3) is 2.73. The van der Waals surface area contributed by atoms with Crippen molar-refractivity contribution in [2.75, 3.05) is 6.61 Å². The summed E-state index contributed by atoms with van der Waals surface area (Å²) in [5.41, 5.74) is -0.728. The second kappa shape index (κ2) is 4.99. The third-order valence-electron chi connectivity index (χ3n) is 3.53. The van der Waals surface area contributed by atoms with Crippen LogP contribution in [0.4, 0.5) is 0 Å². The van der Waals surface area contributed by atoms with Gasteiger partial charge in [0.15, 0.2) is 0 Å². The highest BCUT2D eigenvalue weighted by Gasteiger charge is 2.38. The summed E-state index contributed by atoms with van der Waals surface area (Å²) in [6, 6.07) is 0. The number of aromatic nitrogens is 2. The van der Waals surface area contributed by atoms with Gasteiger partial charge in [-0.3, -0.25) is 5.10 Å². The molecule has 7 heteroatoms. The number of sulfonamides is 1. The van der Waals surface area contributed by atoms with E-state index < -0.39 is 15.6 Å². The van der Waals surface area contributed by atoms with Gasteiger partial charge in [-0.1, -0.05) is 19.8 Å². The molecule has 0 bridgehead atoms. The summed E-state index contributed by atoms with van der Waals surface area (Å²) >= 11 is 0. The van der Waals surface area contributed by atoms with Crippen molar-refractivity contribution < 1.29 is 13.5 Å². The maximum Gasteiger partial charge on any atom is 0.244 e. The lowest BCUT2D eigenvalue weighted by Crippen LogP contribution is -2.53. The van der Waals surface area contributed by atoms with Gasteiger partial charge in [0.2, 0.25) is 10.0 Å². The molecule has 1 aliphatic carbocycles. The van der Waals surface area contributed by atoms with Crippen LogP contribution in [-0.2, 0) is 10.0 Å². The molecular formula is C11H19N3O3S. The highest BCUT2D eigenvalue weighted by molar-refractivity contribution is 7.89. The highest BCUT2D eigenvalue weighted by atomic mass is 32.2. The average molecular weight is 273 g/mol. The van der Waals surface area contributed by atoms with Gasteiger partial charge in [0, 0.05) is 6.20 Å². The van der Waals surface area contributed by atoms with Crippen LogP contribution in [0.1, 0.15) is 32.6 Å². The Morgan fingerprint density at radius 3 is 3.00 bits per heavy atom. The summed E-state index contributed by atoms with van der Waals surface area (Å²) in [4.78, 5) is 0.105. The van der Waals surface area contributed by atoms with Crippen LogP contribution in [0.25, 0.3) is 0 Å². The van der Waals surface area contributed by atoms with Crippen LogP contribution in [0.15, 0.2) is 17.3 Å². The first-order valence-electron chi connectivity index (χ1n) is 6.11. The first-order chi connectivity index (χ1) is 8.47. The molecular weight excluding hydrogens is 254 g/mol. The fourth-order valence-electron chi connectivity index (χ4n) is 2.66. The topological polar surface area (TPSA) is 95.1 Å². The van der Waals surface area contributed by atoms with E-state index >= 15 is 0 Å². The molecule has 2 rings (SSSR count). The lowest BCUT2D eigenvalue weighted by atomic mass is 9.78. The predicted octanol–water partition coefficient (Wildman–Crippen LogP) is 0.629. The first-order valence-corrected chi connectivity index (χ1v) is 7.59. The fourth-order valence-corrected chi connectivity index (χ4v) is 4.00. The van der Waals surface area contributed by atoms with Crippen molar-refractivity contribution in [3.63, 3.8) is 0 Å². The Bertz CT molecular complexity index is 486. The fraction of sp³-hybridized carbons (Fsp3) is 0.727. The number of rotatable bonds is 4. The van der Waals surface area contributed by atoms with Crippen molar-refractivity contribution in [2.24, 2.45) is 5.92 Å². The molecule has 2 atom stereocenters. The van der Waals surface area contributed by atoms with Crippen LogP contribution >= 0.6 is 0 Å². The minimum absolute atomic E-state index is 0.105. The number of hydrogen-bond acceptors (Lipinski definition) is 4. The molecule has 0 aromatic carbocycles. The van der Waals surface area contributed by atoms with Crippen molar-refractivity contribution in [3.8, 4) is 0 Å². The zero-order valence-corrected chi connectivity index (χ0v) is 11.2. The van der Waals surface area contributed by atoms with Gasteiger partial charge in [-0.25, -0.2) is 13.1 Å². The molecule has 0 saturated heterocycles. The molecule has 18 heavy (non-hydrogen) atoms. The van der Waals surface area contributed by atoms with E-state index in [0.29, 0.717) is 18.8 Å². The van der Waals surface area contributed by atoms with Crippen LogP contribution < -0.4 is 4.72 Å². The van der Waals surface area contributed by atoms with E-state index in [1.54, 1.807) is 0 Å². The van der Waals surface area contributed by atoms with E-state index in [9.17, 15) is 13.5 Å². The number of hydrogen-bond donors (Lipinski definition) is 3. The molecule has 0 spiro atoms. The van der Waals surface area contributed by atoms with Crippen molar-refractivity contribution in [1.29, 1.82) is 0 Å². The SMILES string of the molecule is CC1CCCC(CO)(NS(=O)(=O)c2cn[nH]c2)C1. The molecule has 1 aliphatic rings. The molecule has 6 nitrogen and oxygen atoms in total. The van der Waals surface area contributed by atoms with Crippen molar-refractivity contribution in [1.82, 2.24) is 14.9 Å². The molecule has 2 unspecified atom stereocenters. The molecule has 1 aromatic rings. The van der Waals surface area contributed by atoms with E-state index in [2.05, 4.69) is 21.8 Å². The van der Waals surface area contributed by atoms with E-state index in [1.165, 1.54) is 12.4 Å². The molecule has 0 aliphatic heterocycles. The van der Waals surface area contributed by atoms with Gasteiger partial charge in [0.05, 0.1) is 18.3 Å². The second-order valence-corrected chi connectivity index (χ2v) is 6.86. The van der Waals surface area contributed by atoms with E-state index in [-0.39, 0.29) is 11.5 Å². The van der Waals surface area contributed by atoms with Crippen LogP contribution in [0, 0.1) is 5.92 Å². The molecule has 1 fully saturated rings. The summed E-state index contributed by atoms with van der Waals surface area (Å²) in [5.74, 6) is 0.415. The van der Waals surface area contributed by atoms with Crippen LogP contribution in [0.2, 0.25) is 0 Å². The van der Waals surface area contributed by atoms with E-state index in [4.69, 9.17) is 0 Å². The monoisotopic (exact) mass is 273 g/mol. The number of nitrogens with zero attached hydrogens (tertiary/aromatic N) is 1. The van der Waals surface area contributed by atoms with Crippen LogP contribution in [0.5, 0.6) is 0 Å². The van der Waals surface area contributed by atoms with E-state index in [1.807, 2.05) is 0 Å². The molecule has 1 aromatic heterocycles. The van der Waals surface area contributed by atoms with E-state index in [0.717, 1.165) is 12.8 Å². The molecule has 3 N–H and O–H groups in total. The van der Waals surface area contributed by atoms with Gasteiger partial charge in [0.1, 0.15) is 4.90 Å². The van der Waals surface area contributed by atoms with Gasteiger partial charge in [0.25, 0.3) is 0 Å². The Morgan fingerprint density at radius 2 is 2.44 bits per heavy atom. The minimum Gasteiger partial charge on any atom is -0.394 e. The zero-order chi connectivity index (χ0) is 13.2. The molecule has 1 saturated carbocycles. The standard InChI is InChI=1S/C11H19N3O3S/c1-9-3-2-4-11(5-9,8-15)14-18(16,17)10-6-12-13-7-10/h6-7,9,14-15H,2-5,8H2,1H3,(H,12,13). The van der Waals surface area contributed by atoms with Crippen molar-refractivity contribution in [3.05, 3.63) is 12.4 Å². The summed E-state index contributed by atoms with van der Waals surface area (Å²) < 4.78 is 27.0. The quantitative estimate of drug-likeness (QED) is 0.750. The van der Waals surface area contributed by atoms with Gasteiger partial charge in [-0.05, 0) is 18.8 Å². The normalized spacial score (nSPS) is 29.3.